The number of piperazine rings is 1. The molecule has 3 aliphatic rings. The van der Waals surface area contributed by atoms with E-state index in [1.807, 2.05) is 6.07 Å². The Morgan fingerprint density at radius 3 is 1.76 bits per heavy atom. The Kier molecular flexibility index (Phi) is 4.79. The van der Waals surface area contributed by atoms with Crippen LogP contribution in [0.3, 0.4) is 0 Å². The molecule has 0 spiro atoms. The van der Waals surface area contributed by atoms with E-state index in [-0.39, 0.29) is 0 Å². The van der Waals surface area contributed by atoms with Crippen molar-refractivity contribution in [2.24, 2.45) is 0 Å². The standard InChI is InChI=1S/C16H26N6O2S/c23-25(24,21-7-3-4-8-21)22-11-9-20(10-12-22)16-13-15(17-14-18-16)19-5-1-2-6-19/h13-14H,1-12H2. The summed E-state index contributed by atoms with van der Waals surface area (Å²) < 4.78 is 28.6. The number of anilines is 2. The average Bonchev–Trinajstić information content (AvgIpc) is 3.36. The number of hydrogen-bond acceptors (Lipinski definition) is 6. The van der Waals surface area contributed by atoms with Crippen molar-refractivity contribution in [1.29, 1.82) is 0 Å². The van der Waals surface area contributed by atoms with Crippen molar-refractivity contribution in [2.45, 2.75) is 25.7 Å². The molecular formula is C16H26N6O2S. The summed E-state index contributed by atoms with van der Waals surface area (Å²) in [5.41, 5.74) is 0. The number of nitrogens with zero attached hydrogens (tertiary/aromatic N) is 6. The lowest BCUT2D eigenvalue weighted by atomic mass is 10.3. The monoisotopic (exact) mass is 366 g/mol. The van der Waals surface area contributed by atoms with Crippen LogP contribution in [0.1, 0.15) is 25.7 Å². The molecule has 0 aromatic carbocycles. The Morgan fingerprint density at radius 1 is 0.680 bits per heavy atom. The van der Waals surface area contributed by atoms with Gasteiger partial charge in [-0.15, -0.1) is 0 Å². The van der Waals surface area contributed by atoms with Gasteiger partial charge in [0.25, 0.3) is 10.2 Å². The molecule has 3 saturated heterocycles. The quantitative estimate of drug-likeness (QED) is 0.774. The molecule has 4 heterocycles. The minimum Gasteiger partial charge on any atom is -0.356 e. The van der Waals surface area contributed by atoms with Gasteiger partial charge in [-0.1, -0.05) is 0 Å². The number of rotatable bonds is 4. The molecule has 138 valence electrons. The summed E-state index contributed by atoms with van der Waals surface area (Å²) in [5.74, 6) is 1.88. The maximum Gasteiger partial charge on any atom is 0.282 e. The molecule has 4 rings (SSSR count). The third kappa shape index (κ3) is 3.45. The van der Waals surface area contributed by atoms with Crippen LogP contribution in [-0.2, 0) is 10.2 Å². The lowest BCUT2D eigenvalue weighted by Crippen LogP contribution is -2.52. The highest BCUT2D eigenvalue weighted by Gasteiger charge is 2.34. The summed E-state index contributed by atoms with van der Waals surface area (Å²) in [4.78, 5) is 13.3. The summed E-state index contributed by atoms with van der Waals surface area (Å²) in [6.45, 7) is 5.80. The van der Waals surface area contributed by atoms with Crippen molar-refractivity contribution in [1.82, 2.24) is 18.6 Å². The first-order valence-electron chi connectivity index (χ1n) is 9.22. The van der Waals surface area contributed by atoms with Gasteiger partial charge in [-0.25, -0.2) is 9.97 Å². The first-order chi connectivity index (χ1) is 12.1. The van der Waals surface area contributed by atoms with Crippen molar-refractivity contribution in [3.63, 3.8) is 0 Å². The maximum atomic E-state index is 12.7. The van der Waals surface area contributed by atoms with E-state index in [0.717, 1.165) is 37.6 Å². The summed E-state index contributed by atoms with van der Waals surface area (Å²) in [7, 11) is -3.29. The van der Waals surface area contributed by atoms with Crippen LogP contribution in [0, 0.1) is 0 Å². The molecule has 0 radical (unpaired) electrons. The number of aromatic nitrogens is 2. The van der Waals surface area contributed by atoms with Crippen LogP contribution in [0.25, 0.3) is 0 Å². The molecular weight excluding hydrogens is 340 g/mol. The zero-order valence-electron chi connectivity index (χ0n) is 14.5. The second kappa shape index (κ2) is 7.05. The second-order valence-electron chi connectivity index (χ2n) is 6.93. The van der Waals surface area contributed by atoms with Gasteiger partial charge in [0.15, 0.2) is 0 Å². The molecule has 0 aliphatic carbocycles. The summed E-state index contributed by atoms with van der Waals surface area (Å²) in [6, 6.07) is 2.04. The van der Waals surface area contributed by atoms with E-state index in [2.05, 4.69) is 19.8 Å². The second-order valence-corrected chi connectivity index (χ2v) is 8.86. The Hall–Kier alpha value is -1.45. The molecule has 1 aromatic rings. The molecule has 0 N–H and O–H groups in total. The van der Waals surface area contributed by atoms with Crippen LogP contribution in [0.15, 0.2) is 12.4 Å². The fourth-order valence-electron chi connectivity index (χ4n) is 3.86. The average molecular weight is 366 g/mol. The molecule has 0 amide bonds. The van der Waals surface area contributed by atoms with E-state index in [4.69, 9.17) is 0 Å². The topological polar surface area (TPSA) is 72.9 Å². The number of hydrogen-bond donors (Lipinski definition) is 0. The van der Waals surface area contributed by atoms with Gasteiger partial charge in [0, 0.05) is 58.4 Å². The molecule has 0 atom stereocenters. The fraction of sp³-hybridized carbons (Fsp3) is 0.750. The minimum absolute atomic E-state index is 0.516. The van der Waals surface area contributed by atoms with Crippen LogP contribution in [0.2, 0.25) is 0 Å². The highest BCUT2D eigenvalue weighted by atomic mass is 32.2. The maximum absolute atomic E-state index is 12.7. The highest BCUT2D eigenvalue weighted by Crippen LogP contribution is 2.23. The predicted octanol–water partition coefficient (Wildman–Crippen LogP) is 0.539. The first-order valence-corrected chi connectivity index (χ1v) is 10.6. The summed E-state index contributed by atoms with van der Waals surface area (Å²) >= 11 is 0. The zero-order valence-corrected chi connectivity index (χ0v) is 15.4. The fourth-order valence-corrected chi connectivity index (χ4v) is 5.53. The highest BCUT2D eigenvalue weighted by molar-refractivity contribution is 7.86. The van der Waals surface area contributed by atoms with E-state index in [1.165, 1.54) is 12.8 Å². The molecule has 9 heteroatoms. The van der Waals surface area contributed by atoms with E-state index in [0.29, 0.717) is 39.3 Å². The lowest BCUT2D eigenvalue weighted by Gasteiger charge is -2.36. The van der Waals surface area contributed by atoms with E-state index in [1.54, 1.807) is 14.9 Å². The Morgan fingerprint density at radius 2 is 1.16 bits per heavy atom. The molecule has 0 saturated carbocycles. The van der Waals surface area contributed by atoms with Crippen LogP contribution < -0.4 is 9.80 Å². The smallest absolute Gasteiger partial charge is 0.282 e. The van der Waals surface area contributed by atoms with Gasteiger partial charge in [0.2, 0.25) is 0 Å². The molecule has 1 aromatic heterocycles. The first kappa shape index (κ1) is 17.0. The van der Waals surface area contributed by atoms with Gasteiger partial charge >= 0.3 is 0 Å². The van der Waals surface area contributed by atoms with Crippen molar-refractivity contribution in [3.8, 4) is 0 Å². The predicted molar refractivity (Wildman–Crippen MR) is 97.0 cm³/mol. The normalized spacial score (nSPS) is 23.5. The van der Waals surface area contributed by atoms with Gasteiger partial charge in [-0.05, 0) is 25.7 Å². The molecule has 25 heavy (non-hydrogen) atoms. The van der Waals surface area contributed by atoms with Crippen molar-refractivity contribution in [3.05, 3.63) is 12.4 Å². The molecule has 0 unspecified atom stereocenters. The molecule has 8 nitrogen and oxygen atoms in total. The Labute approximate surface area is 149 Å². The summed E-state index contributed by atoms with van der Waals surface area (Å²) in [6.07, 6.45) is 5.99. The van der Waals surface area contributed by atoms with Gasteiger partial charge in [0.05, 0.1) is 0 Å². The van der Waals surface area contributed by atoms with E-state index in [9.17, 15) is 8.42 Å². The summed E-state index contributed by atoms with van der Waals surface area (Å²) in [5, 5.41) is 0. The van der Waals surface area contributed by atoms with Gasteiger partial charge in [-0.2, -0.15) is 17.0 Å². The van der Waals surface area contributed by atoms with Gasteiger partial charge in [0.1, 0.15) is 18.0 Å². The van der Waals surface area contributed by atoms with Crippen LogP contribution >= 0.6 is 0 Å². The van der Waals surface area contributed by atoms with Crippen molar-refractivity contribution < 1.29 is 8.42 Å². The van der Waals surface area contributed by atoms with Crippen molar-refractivity contribution in [2.75, 3.05) is 62.2 Å². The molecule has 0 bridgehead atoms. The van der Waals surface area contributed by atoms with Crippen LogP contribution in [0.4, 0.5) is 11.6 Å². The van der Waals surface area contributed by atoms with Crippen molar-refractivity contribution >= 4 is 21.8 Å². The third-order valence-corrected chi connectivity index (χ3v) is 7.38. The van der Waals surface area contributed by atoms with E-state index >= 15 is 0 Å². The molecule has 3 aliphatic heterocycles. The Bertz CT molecular complexity index is 692. The SMILES string of the molecule is O=S(=O)(N1CCCC1)N1CCN(c2cc(N3CCCC3)ncn2)CC1. The lowest BCUT2D eigenvalue weighted by molar-refractivity contribution is 0.343. The molecule has 3 fully saturated rings. The largest absolute Gasteiger partial charge is 0.356 e. The zero-order chi connectivity index (χ0) is 17.3. The Balaban J connectivity index is 1.41. The minimum atomic E-state index is -3.29. The third-order valence-electron chi connectivity index (χ3n) is 5.35. The van der Waals surface area contributed by atoms with Gasteiger partial charge < -0.3 is 9.80 Å². The van der Waals surface area contributed by atoms with Crippen LogP contribution in [-0.4, -0.2) is 79.4 Å². The van der Waals surface area contributed by atoms with Gasteiger partial charge in [-0.3, -0.25) is 0 Å². The van der Waals surface area contributed by atoms with Crippen LogP contribution in [0.5, 0.6) is 0 Å². The van der Waals surface area contributed by atoms with E-state index < -0.39 is 10.2 Å².